The Morgan fingerprint density at radius 2 is 0.818 bits per heavy atom. The van der Waals surface area contributed by atoms with Gasteiger partial charge in [-0.3, -0.25) is 0 Å². The third-order valence-corrected chi connectivity index (χ3v) is 9.88. The molecule has 3 rings (SSSR count). The fraction of sp³-hybridized carbons (Fsp3) is 0. The van der Waals surface area contributed by atoms with Crippen LogP contribution >= 0.6 is 9.90 Å². The maximum atomic E-state index is 12.3. The number of carbonyl (C=O) groups is 1. The van der Waals surface area contributed by atoms with Crippen LogP contribution in [0.3, 0.4) is 0 Å². The third kappa shape index (κ3) is 2.95. The molecule has 1 nitrogen and oxygen atoms in total. The van der Waals surface area contributed by atoms with E-state index < -0.39 is 14.8 Å². The number of benzene rings is 3. The van der Waals surface area contributed by atoms with Crippen molar-refractivity contribution in [3.8, 4) is 0 Å². The maximum Gasteiger partial charge on any atom is -0.153 e. The number of hydrogen-bond acceptors (Lipinski definition) is 1. The first kappa shape index (κ1) is 16.7. The van der Waals surface area contributed by atoms with Gasteiger partial charge in [0.1, 0.15) is 0 Å². The van der Waals surface area contributed by atoms with Gasteiger partial charge in [-0.1, -0.05) is 0 Å². The molecule has 1 unspecified atom stereocenters. The SMILES string of the molecule is O=[CH][Rh]([c]1ccccc1)([c]1ccccc1)[c]1ccccc1.P. The minimum atomic E-state index is -2.85. The maximum absolute atomic E-state index is 12.3. The monoisotopic (exact) mass is 397 g/mol. The molecule has 3 aromatic carbocycles. The Kier molecular flexibility index (Phi) is 5.78. The fourth-order valence-corrected chi connectivity index (χ4v) is 8.05. The Balaban J connectivity index is 0.00000176. The summed E-state index contributed by atoms with van der Waals surface area (Å²) in [5.74, 6) is 0. The van der Waals surface area contributed by atoms with Crippen LogP contribution in [0.5, 0.6) is 0 Å². The normalized spacial score (nSPS) is 11.3. The van der Waals surface area contributed by atoms with E-state index in [1.165, 1.54) is 4.88 Å². The molecular weight excluding hydrogens is 378 g/mol. The van der Waals surface area contributed by atoms with Crippen molar-refractivity contribution in [3.63, 3.8) is 0 Å². The first-order valence-corrected chi connectivity index (χ1v) is 10.1. The first-order chi connectivity index (χ1) is 10.4. The van der Waals surface area contributed by atoms with Gasteiger partial charge in [0, 0.05) is 0 Å². The molecule has 0 aliphatic rings. The summed E-state index contributed by atoms with van der Waals surface area (Å²) < 4.78 is 3.43. The van der Waals surface area contributed by atoms with Crippen molar-refractivity contribution in [2.24, 2.45) is 0 Å². The first-order valence-electron chi connectivity index (χ1n) is 6.66. The molecule has 0 radical (unpaired) electrons. The van der Waals surface area contributed by atoms with Crippen LogP contribution in [0.1, 0.15) is 0 Å². The van der Waals surface area contributed by atoms with Crippen molar-refractivity contribution in [1.29, 1.82) is 0 Å². The number of rotatable bonds is 4. The summed E-state index contributed by atoms with van der Waals surface area (Å²) >= 11 is -2.85. The zero-order valence-electron chi connectivity index (χ0n) is 12.2. The molecule has 0 heterocycles. The number of hydrogen-bond donors (Lipinski definition) is 0. The van der Waals surface area contributed by atoms with Gasteiger partial charge < -0.3 is 0 Å². The van der Waals surface area contributed by atoms with Crippen LogP contribution in [-0.4, -0.2) is 4.88 Å². The molecule has 1 atom stereocenters. The van der Waals surface area contributed by atoms with E-state index in [4.69, 9.17) is 0 Å². The summed E-state index contributed by atoms with van der Waals surface area (Å²) in [6.45, 7) is 0. The quantitative estimate of drug-likeness (QED) is 0.376. The van der Waals surface area contributed by atoms with E-state index in [0.29, 0.717) is 0 Å². The molecule has 22 heavy (non-hydrogen) atoms. The standard InChI is InChI=1S/3C6H5.CHO.H3P.Rh/c3*1-2-4-6-5-3-1;1-2;;/h3*1-5H;1H;1H3;. The third-order valence-electron chi connectivity index (χ3n) is 3.18. The van der Waals surface area contributed by atoms with Crippen LogP contribution in [0.2, 0.25) is 0 Å². The predicted octanol–water partition coefficient (Wildman–Crippen LogP) is 2.37. The topological polar surface area (TPSA) is 17.1 Å². The molecule has 115 valence electrons. The Bertz CT molecular complexity index is 618. The Morgan fingerprint density at radius 1 is 0.545 bits per heavy atom. The Morgan fingerprint density at radius 3 is 1.05 bits per heavy atom. The van der Waals surface area contributed by atoms with E-state index in [2.05, 4.69) is 36.4 Å². The van der Waals surface area contributed by atoms with Gasteiger partial charge in [-0.2, -0.15) is 9.90 Å². The average Bonchev–Trinajstić information content (AvgIpc) is 2.59. The molecule has 3 heteroatoms. The van der Waals surface area contributed by atoms with E-state index in [-0.39, 0.29) is 9.90 Å². The van der Waals surface area contributed by atoms with Crippen LogP contribution < -0.4 is 12.5 Å². The second kappa shape index (κ2) is 7.59. The van der Waals surface area contributed by atoms with Gasteiger partial charge in [0.15, 0.2) is 0 Å². The summed E-state index contributed by atoms with van der Waals surface area (Å²) in [4.78, 5) is 13.5. The van der Waals surface area contributed by atoms with Crippen LogP contribution in [-0.2, 0) is 19.6 Å². The second-order valence-corrected chi connectivity index (χ2v) is 10.3. The molecule has 0 saturated heterocycles. The van der Waals surface area contributed by atoms with Gasteiger partial charge in [-0.05, 0) is 0 Å². The van der Waals surface area contributed by atoms with E-state index in [0.717, 1.165) is 12.5 Å². The molecule has 0 saturated carbocycles. The summed E-state index contributed by atoms with van der Waals surface area (Å²) in [6.07, 6.45) is 0. The van der Waals surface area contributed by atoms with Crippen LogP contribution in [0, 0.1) is 0 Å². The van der Waals surface area contributed by atoms with Crippen LogP contribution in [0.4, 0.5) is 0 Å². The molecule has 0 bridgehead atoms. The van der Waals surface area contributed by atoms with Gasteiger partial charge >= 0.3 is 128 Å². The minimum Gasteiger partial charge on any atom is -0.153 e. The smallest absolute Gasteiger partial charge is 0.153 e. The summed E-state index contributed by atoms with van der Waals surface area (Å²) in [7, 11) is 0. The zero-order chi connectivity index (χ0) is 14.5. The van der Waals surface area contributed by atoms with Crippen molar-refractivity contribution >= 4 is 27.3 Å². The van der Waals surface area contributed by atoms with E-state index in [1.807, 2.05) is 54.6 Å². The molecule has 3 aromatic rings. The van der Waals surface area contributed by atoms with Crippen molar-refractivity contribution in [1.82, 2.24) is 0 Å². The molecule has 0 aliphatic heterocycles. The largest absolute Gasteiger partial charge is 0.153 e. The molecule has 0 amide bonds. The minimum absolute atomic E-state index is 0. The molecule has 0 fully saturated rings. The van der Waals surface area contributed by atoms with E-state index in [9.17, 15) is 4.79 Å². The van der Waals surface area contributed by atoms with Crippen molar-refractivity contribution < 1.29 is 19.6 Å². The molecule has 0 aromatic heterocycles. The van der Waals surface area contributed by atoms with Gasteiger partial charge in [-0.15, -0.1) is 0 Å². The second-order valence-electron chi connectivity index (χ2n) is 4.43. The fourth-order valence-electron chi connectivity index (χ4n) is 2.21. The van der Waals surface area contributed by atoms with Crippen molar-refractivity contribution in [2.75, 3.05) is 0 Å². The van der Waals surface area contributed by atoms with Gasteiger partial charge in [0.05, 0.1) is 0 Å². The summed E-state index contributed by atoms with van der Waals surface area (Å²) in [6, 6.07) is 30.5. The number of carbonyl (C=O) groups excluding carboxylic acids is 1. The predicted molar refractivity (Wildman–Crippen MR) is 96.1 cm³/mol. The summed E-state index contributed by atoms with van der Waals surface area (Å²) in [5, 5.41) is 0. The van der Waals surface area contributed by atoms with Crippen LogP contribution in [0.25, 0.3) is 0 Å². The van der Waals surface area contributed by atoms with E-state index >= 15 is 0 Å². The Labute approximate surface area is 137 Å². The average molecular weight is 397 g/mol. The van der Waals surface area contributed by atoms with Gasteiger partial charge in [-0.25, -0.2) is 0 Å². The Hall–Kier alpha value is -1.62. The van der Waals surface area contributed by atoms with Gasteiger partial charge in [0.25, 0.3) is 0 Å². The van der Waals surface area contributed by atoms with Crippen molar-refractivity contribution in [3.05, 3.63) is 91.0 Å². The summed E-state index contributed by atoms with van der Waals surface area (Å²) in [5.41, 5.74) is 0. The molecule has 0 spiro atoms. The molecule has 0 aliphatic carbocycles. The molecule has 0 N–H and O–H groups in total. The van der Waals surface area contributed by atoms with E-state index in [1.54, 1.807) is 0 Å². The van der Waals surface area contributed by atoms with Gasteiger partial charge in [0.2, 0.25) is 0 Å². The van der Waals surface area contributed by atoms with Crippen LogP contribution in [0.15, 0.2) is 91.0 Å². The van der Waals surface area contributed by atoms with Crippen molar-refractivity contribution in [2.45, 2.75) is 0 Å². The molecular formula is C19H19OPRh. The zero-order valence-corrected chi connectivity index (χ0v) is 15.2.